The van der Waals surface area contributed by atoms with Crippen LogP contribution in [0.15, 0.2) is 24.5 Å². The van der Waals surface area contributed by atoms with Gasteiger partial charge in [0.15, 0.2) is 23.1 Å². The van der Waals surface area contributed by atoms with Gasteiger partial charge in [-0.25, -0.2) is 18.7 Å². The van der Waals surface area contributed by atoms with E-state index in [9.17, 15) is 13.6 Å². The van der Waals surface area contributed by atoms with Crippen molar-refractivity contribution in [1.82, 2.24) is 19.7 Å². The van der Waals surface area contributed by atoms with E-state index in [4.69, 9.17) is 15.2 Å². The van der Waals surface area contributed by atoms with Crippen LogP contribution in [-0.4, -0.2) is 32.8 Å². The third-order valence-electron chi connectivity index (χ3n) is 4.04. The quantitative estimate of drug-likeness (QED) is 0.620. The van der Waals surface area contributed by atoms with Crippen molar-refractivity contribution in [1.29, 1.82) is 0 Å². The van der Waals surface area contributed by atoms with Crippen LogP contribution in [0.4, 0.5) is 20.5 Å². The van der Waals surface area contributed by atoms with Gasteiger partial charge < -0.3 is 20.5 Å². The molecular formula is C18H18F2N6O3. The van der Waals surface area contributed by atoms with Crippen molar-refractivity contribution in [2.45, 2.75) is 13.5 Å². The predicted molar refractivity (Wildman–Crippen MR) is 99.0 cm³/mol. The van der Waals surface area contributed by atoms with E-state index in [-0.39, 0.29) is 40.9 Å². The van der Waals surface area contributed by atoms with Crippen molar-refractivity contribution in [3.8, 4) is 11.5 Å². The lowest BCUT2D eigenvalue weighted by molar-refractivity contribution is 0.0991. The van der Waals surface area contributed by atoms with Crippen molar-refractivity contribution >= 4 is 17.7 Å². The lowest BCUT2D eigenvalue weighted by Crippen LogP contribution is -2.15. The SMILES string of the molecule is COc1cc(C)c(F)c(COc2cnc(Nc3cc(C(N)=O)n(C)n3)nc2)c1F. The maximum atomic E-state index is 14.3. The molecule has 9 nitrogen and oxygen atoms in total. The summed E-state index contributed by atoms with van der Waals surface area (Å²) in [5, 5.41) is 6.88. The number of carbonyl (C=O) groups excluding carboxylic acids is 1. The molecule has 152 valence electrons. The van der Waals surface area contributed by atoms with Gasteiger partial charge in [-0.1, -0.05) is 0 Å². The van der Waals surface area contributed by atoms with Gasteiger partial charge in [0.2, 0.25) is 5.95 Å². The number of nitrogens with zero attached hydrogens (tertiary/aromatic N) is 4. The summed E-state index contributed by atoms with van der Waals surface area (Å²) in [7, 11) is 2.87. The molecule has 0 saturated heterocycles. The topological polar surface area (TPSA) is 117 Å². The number of halogens is 2. The molecule has 0 aliphatic rings. The number of hydrogen-bond donors (Lipinski definition) is 2. The Morgan fingerprint density at radius 1 is 1.24 bits per heavy atom. The Hall–Kier alpha value is -3.76. The molecule has 3 N–H and O–H groups in total. The number of anilines is 2. The van der Waals surface area contributed by atoms with Crippen LogP contribution in [0.3, 0.4) is 0 Å². The summed E-state index contributed by atoms with van der Waals surface area (Å²) in [5.74, 6) is -1.51. The summed E-state index contributed by atoms with van der Waals surface area (Å²) < 4.78 is 40.1. The van der Waals surface area contributed by atoms with Gasteiger partial charge >= 0.3 is 0 Å². The van der Waals surface area contributed by atoms with Crippen LogP contribution in [0.5, 0.6) is 11.5 Å². The monoisotopic (exact) mass is 404 g/mol. The number of ether oxygens (including phenoxy) is 2. The summed E-state index contributed by atoms with van der Waals surface area (Å²) >= 11 is 0. The molecule has 0 fully saturated rings. The third-order valence-corrected chi connectivity index (χ3v) is 4.04. The van der Waals surface area contributed by atoms with Crippen molar-refractivity contribution in [2.75, 3.05) is 12.4 Å². The van der Waals surface area contributed by atoms with Gasteiger partial charge in [-0.2, -0.15) is 5.10 Å². The highest BCUT2D eigenvalue weighted by Gasteiger charge is 2.18. The molecule has 3 rings (SSSR count). The fourth-order valence-corrected chi connectivity index (χ4v) is 2.57. The summed E-state index contributed by atoms with van der Waals surface area (Å²) in [4.78, 5) is 19.3. The molecule has 0 bridgehead atoms. The Kier molecular flexibility index (Phi) is 5.57. The summed E-state index contributed by atoms with van der Waals surface area (Å²) in [6.45, 7) is 1.14. The van der Waals surface area contributed by atoms with Gasteiger partial charge in [-0.3, -0.25) is 9.48 Å². The second-order valence-corrected chi connectivity index (χ2v) is 6.06. The standard InChI is InChI=1S/C18H18F2N6O3/c1-9-4-13(28-3)16(20)11(15(9)19)8-29-10-6-22-18(23-7-10)24-14-5-12(17(21)27)26(2)25-14/h4-7H,8H2,1-3H3,(H2,21,27)(H,22,23,24,25). The molecule has 0 radical (unpaired) electrons. The highest BCUT2D eigenvalue weighted by molar-refractivity contribution is 5.92. The number of amides is 1. The lowest BCUT2D eigenvalue weighted by atomic mass is 10.1. The molecule has 29 heavy (non-hydrogen) atoms. The van der Waals surface area contributed by atoms with Crippen LogP contribution in [0, 0.1) is 18.6 Å². The minimum atomic E-state index is -0.824. The van der Waals surface area contributed by atoms with E-state index in [0.717, 1.165) is 0 Å². The van der Waals surface area contributed by atoms with E-state index in [0.29, 0.717) is 5.82 Å². The number of aryl methyl sites for hydroxylation is 2. The summed E-state index contributed by atoms with van der Waals surface area (Å²) in [5.41, 5.74) is 5.43. The van der Waals surface area contributed by atoms with Crippen LogP contribution >= 0.6 is 0 Å². The average molecular weight is 404 g/mol. The third kappa shape index (κ3) is 4.23. The second-order valence-electron chi connectivity index (χ2n) is 6.06. The Morgan fingerprint density at radius 3 is 2.52 bits per heavy atom. The first-order chi connectivity index (χ1) is 13.8. The van der Waals surface area contributed by atoms with Crippen LogP contribution in [0.2, 0.25) is 0 Å². The first-order valence-corrected chi connectivity index (χ1v) is 8.37. The van der Waals surface area contributed by atoms with Gasteiger partial charge in [0.1, 0.15) is 18.1 Å². The average Bonchev–Trinajstić information content (AvgIpc) is 3.06. The van der Waals surface area contributed by atoms with Crippen molar-refractivity contribution in [3.63, 3.8) is 0 Å². The molecule has 0 spiro atoms. The van der Waals surface area contributed by atoms with Crippen LogP contribution < -0.4 is 20.5 Å². The Balaban J connectivity index is 1.70. The van der Waals surface area contributed by atoms with Gasteiger partial charge in [0, 0.05) is 13.1 Å². The number of methoxy groups -OCH3 is 1. The normalized spacial score (nSPS) is 10.7. The van der Waals surface area contributed by atoms with E-state index in [1.54, 1.807) is 7.05 Å². The number of nitrogens with one attached hydrogen (secondary N) is 1. The van der Waals surface area contributed by atoms with Gasteiger partial charge in [-0.15, -0.1) is 0 Å². The summed E-state index contributed by atoms with van der Waals surface area (Å²) in [6, 6.07) is 2.73. The fourth-order valence-electron chi connectivity index (χ4n) is 2.57. The summed E-state index contributed by atoms with van der Waals surface area (Å²) in [6.07, 6.45) is 2.66. The van der Waals surface area contributed by atoms with E-state index in [1.165, 1.54) is 43.2 Å². The second kappa shape index (κ2) is 8.09. The van der Waals surface area contributed by atoms with Crippen molar-refractivity contribution < 1.29 is 23.0 Å². The van der Waals surface area contributed by atoms with Gasteiger partial charge in [0.25, 0.3) is 5.91 Å². The lowest BCUT2D eigenvalue weighted by Gasteiger charge is -2.12. The number of nitrogens with two attached hydrogens (primary N) is 1. The Bertz CT molecular complexity index is 1050. The minimum Gasteiger partial charge on any atom is -0.494 e. The molecule has 0 aliphatic carbocycles. The van der Waals surface area contributed by atoms with Crippen LogP contribution in [0.1, 0.15) is 21.6 Å². The van der Waals surface area contributed by atoms with Crippen molar-refractivity contribution in [3.05, 3.63) is 53.0 Å². The number of hydrogen-bond acceptors (Lipinski definition) is 7. The fraction of sp³-hybridized carbons (Fsp3) is 0.222. The zero-order valence-corrected chi connectivity index (χ0v) is 15.9. The maximum Gasteiger partial charge on any atom is 0.267 e. The van der Waals surface area contributed by atoms with Crippen molar-refractivity contribution in [2.24, 2.45) is 12.8 Å². The predicted octanol–water partition coefficient (Wildman–Crippen LogP) is 2.23. The molecule has 1 amide bonds. The highest BCUT2D eigenvalue weighted by atomic mass is 19.1. The number of benzene rings is 1. The molecule has 2 aromatic heterocycles. The molecule has 0 unspecified atom stereocenters. The molecule has 2 heterocycles. The van der Waals surface area contributed by atoms with E-state index >= 15 is 0 Å². The Labute approximate surface area is 164 Å². The minimum absolute atomic E-state index is 0.0658. The molecule has 0 atom stereocenters. The molecular weight excluding hydrogens is 386 g/mol. The maximum absolute atomic E-state index is 14.3. The molecule has 1 aromatic carbocycles. The smallest absolute Gasteiger partial charge is 0.267 e. The zero-order chi connectivity index (χ0) is 21.1. The molecule has 11 heteroatoms. The zero-order valence-electron chi connectivity index (χ0n) is 15.9. The first kappa shape index (κ1) is 20.0. The number of aromatic nitrogens is 4. The van der Waals surface area contributed by atoms with Gasteiger partial charge in [0.05, 0.1) is 25.1 Å². The van der Waals surface area contributed by atoms with Crippen LogP contribution in [-0.2, 0) is 13.7 Å². The molecule has 0 saturated carbocycles. The molecule has 3 aromatic rings. The number of carbonyl (C=O) groups is 1. The highest BCUT2D eigenvalue weighted by Crippen LogP contribution is 2.27. The molecule has 0 aliphatic heterocycles. The number of primary amides is 1. The Morgan fingerprint density at radius 2 is 1.93 bits per heavy atom. The van der Waals surface area contributed by atoms with Crippen LogP contribution in [0.25, 0.3) is 0 Å². The largest absolute Gasteiger partial charge is 0.494 e. The first-order valence-electron chi connectivity index (χ1n) is 8.37. The number of rotatable bonds is 7. The van der Waals surface area contributed by atoms with Gasteiger partial charge in [-0.05, 0) is 18.6 Å². The van der Waals surface area contributed by atoms with E-state index < -0.39 is 17.5 Å². The van der Waals surface area contributed by atoms with E-state index in [2.05, 4.69) is 20.4 Å². The van der Waals surface area contributed by atoms with E-state index in [1.807, 2.05) is 0 Å².